The molecule has 0 saturated carbocycles. The van der Waals surface area contributed by atoms with Gasteiger partial charge in [-0.05, 0) is 224 Å². The van der Waals surface area contributed by atoms with Crippen LogP contribution in [0.15, 0.2) is 103 Å². The molecule has 3 fully saturated rings. The number of benzene rings is 3. The summed E-state index contributed by atoms with van der Waals surface area (Å²) in [4.78, 5) is 97.3. The Bertz CT molecular complexity index is 4490. The van der Waals surface area contributed by atoms with Crippen molar-refractivity contribution < 1.29 is 24.0 Å². The molecule has 12 rings (SSSR count). The predicted octanol–water partition coefficient (Wildman–Crippen LogP) is 14.7. The minimum atomic E-state index is 0.0683. The van der Waals surface area contributed by atoms with Gasteiger partial charge in [0, 0.05) is 71.6 Å². The lowest BCUT2D eigenvalue weighted by Gasteiger charge is -2.32. The summed E-state index contributed by atoms with van der Waals surface area (Å²) in [5, 5.41) is 0. The number of hydrogen-bond donors (Lipinski definition) is 0. The number of likely N-dealkylation sites (tertiary alicyclic amines) is 3. The van der Waals surface area contributed by atoms with Crippen LogP contribution in [-0.4, -0.2) is 157 Å². The SMILES string of the molecule is [C-]#[N+]c1ccc(-n2c(C)c(C(=O)CN3CCC(CN(C)C)CC3)c3ncc(C)cc32)cc1.[C-]#[N+]c1ccc(-n2c(C)c(C(=O)CN3CCCCC3)c3nc(C)c(CCC(C)=O)cc32)cc1.[C-]#[N+]c1ccc(-n2c(C)c(C(=O)CN3CCCCC3)c3ncc(CC(C)=O)cc32)cc1. The zero-order valence-electron chi connectivity index (χ0n) is 57.1. The molecule has 18 nitrogen and oxygen atoms in total. The molecule has 0 bridgehead atoms. The number of nitrogens with zero attached hydrogens (tertiary/aromatic N) is 13. The fourth-order valence-corrected chi connectivity index (χ4v) is 14.1. The summed E-state index contributed by atoms with van der Waals surface area (Å²) in [6.45, 7) is 42.8. The Hall–Kier alpha value is -9.61. The molecule has 3 aliphatic heterocycles. The Labute approximate surface area is 564 Å². The maximum Gasteiger partial charge on any atom is 0.187 e. The predicted molar refractivity (Wildman–Crippen MR) is 380 cm³/mol. The van der Waals surface area contributed by atoms with E-state index in [2.05, 4.69) is 79.5 Å². The smallest absolute Gasteiger partial charge is 0.187 e. The van der Waals surface area contributed by atoms with Gasteiger partial charge >= 0.3 is 0 Å². The molecule has 9 heterocycles. The number of carbonyl (C=O) groups excluding carboxylic acids is 5. The molecule has 3 saturated heterocycles. The topological polar surface area (TPSA) is 165 Å². The van der Waals surface area contributed by atoms with Crippen LogP contribution >= 0.6 is 0 Å². The van der Waals surface area contributed by atoms with Crippen molar-refractivity contribution in [3.63, 3.8) is 0 Å². The first kappa shape index (κ1) is 69.2. The first-order chi connectivity index (χ1) is 46.2. The number of pyridine rings is 3. The molecule has 0 aliphatic carbocycles. The molecule has 96 heavy (non-hydrogen) atoms. The Kier molecular flexibility index (Phi) is 22.6. The number of carbonyl (C=O) groups is 5. The van der Waals surface area contributed by atoms with E-state index < -0.39 is 0 Å². The second kappa shape index (κ2) is 31.3. The van der Waals surface area contributed by atoms with Crippen molar-refractivity contribution in [3.05, 3.63) is 194 Å². The highest BCUT2D eigenvalue weighted by Crippen LogP contribution is 2.35. The molecule has 0 atom stereocenters. The summed E-state index contributed by atoms with van der Waals surface area (Å²) in [5.41, 5.74) is 17.6. The van der Waals surface area contributed by atoms with Gasteiger partial charge in [0.25, 0.3) is 0 Å². The van der Waals surface area contributed by atoms with Crippen molar-refractivity contribution in [3.8, 4) is 17.1 Å². The molecule has 6 aromatic heterocycles. The summed E-state index contributed by atoms with van der Waals surface area (Å²) in [6, 6.07) is 28.3. The minimum Gasteiger partial charge on any atom is -0.312 e. The van der Waals surface area contributed by atoms with E-state index in [1.165, 1.54) is 12.8 Å². The van der Waals surface area contributed by atoms with Crippen LogP contribution in [0.25, 0.3) is 64.7 Å². The van der Waals surface area contributed by atoms with Gasteiger partial charge in [0.2, 0.25) is 0 Å². The van der Waals surface area contributed by atoms with Crippen LogP contribution in [0.5, 0.6) is 0 Å². The number of aryl methyl sites for hydroxylation is 3. The average molecular weight is 1290 g/mol. The van der Waals surface area contributed by atoms with Gasteiger partial charge in [-0.1, -0.05) is 49.2 Å². The van der Waals surface area contributed by atoms with Gasteiger partial charge in [0.05, 0.1) is 89.1 Å². The number of rotatable bonds is 19. The zero-order chi connectivity index (χ0) is 68.3. The maximum atomic E-state index is 13.5. The van der Waals surface area contributed by atoms with Crippen molar-refractivity contribution >= 4 is 79.1 Å². The van der Waals surface area contributed by atoms with Gasteiger partial charge in [-0.2, -0.15) is 0 Å². The molecule has 0 spiro atoms. The molecule has 494 valence electrons. The summed E-state index contributed by atoms with van der Waals surface area (Å²) in [5.74, 6) is 1.23. The van der Waals surface area contributed by atoms with Crippen LogP contribution in [0.2, 0.25) is 0 Å². The lowest BCUT2D eigenvalue weighted by Crippen LogP contribution is -2.39. The molecule has 0 radical (unpaired) electrons. The van der Waals surface area contributed by atoms with Crippen LogP contribution in [0.3, 0.4) is 0 Å². The minimum absolute atomic E-state index is 0.0683. The van der Waals surface area contributed by atoms with Crippen molar-refractivity contribution in [2.45, 2.75) is 119 Å². The number of hydrogen-bond acceptors (Lipinski definition) is 12. The normalized spacial score (nSPS) is 14.7. The molecular formula is C78H87N13O5. The highest BCUT2D eigenvalue weighted by molar-refractivity contribution is 6.11. The standard InChI is InChI=1S/C27H30N4O2.C26H31N5O.C25H26N4O2/c1-18(32)8-9-21-16-24-27(29-19(21)2)26(25(33)17-30-14-6-5-7-15-30)20(3)31(24)23-12-10-22(28-4)11-13-23;1-18-14-23-26(28-15-18)25(19(2)31(23)22-8-6-21(27-3)7-9-22)24(32)17-30-12-10-20(11-13-30)16-29(4)5;1-17(30)13-19-14-22-25(27-15-19)24(23(31)16-28-11-5-4-6-12-28)18(2)29(22)21-9-7-20(26-3)8-10-21/h10-13,16H,5-9,14-15,17H2,1-3H3;6-9,14-15,20H,10-13,16-17H2,1-2,4-5H3;7-10,14-15H,4-6,11-13,16H2,1-2H3. The van der Waals surface area contributed by atoms with Gasteiger partial charge in [-0.25, -0.2) is 14.5 Å². The van der Waals surface area contributed by atoms with E-state index >= 15 is 0 Å². The number of piperidine rings is 3. The Morgan fingerprint density at radius 3 is 1.30 bits per heavy atom. The number of fused-ring (bicyclic) bond motifs is 3. The maximum absolute atomic E-state index is 13.5. The van der Waals surface area contributed by atoms with Gasteiger partial charge in [-0.15, -0.1) is 0 Å². The van der Waals surface area contributed by atoms with E-state index in [4.69, 9.17) is 24.7 Å². The van der Waals surface area contributed by atoms with Crippen LogP contribution in [-0.2, 0) is 22.4 Å². The molecule has 9 aromatic rings. The largest absolute Gasteiger partial charge is 0.312 e. The fourth-order valence-electron chi connectivity index (χ4n) is 14.1. The van der Waals surface area contributed by atoms with Gasteiger partial charge in [0.15, 0.2) is 34.4 Å². The monoisotopic (exact) mass is 1290 g/mol. The van der Waals surface area contributed by atoms with Crippen molar-refractivity contribution in [1.29, 1.82) is 0 Å². The summed E-state index contributed by atoms with van der Waals surface area (Å²) in [7, 11) is 4.25. The number of ketones is 5. The molecule has 0 unspecified atom stereocenters. The van der Waals surface area contributed by atoms with Gasteiger partial charge < -0.3 is 23.4 Å². The summed E-state index contributed by atoms with van der Waals surface area (Å²) in [6.07, 6.45) is 14.2. The number of Topliss-reactive ketones (excluding diaryl/α,β-unsaturated/α-hetero) is 5. The first-order valence-corrected chi connectivity index (χ1v) is 33.6. The molecular weight excluding hydrogens is 1200 g/mol. The molecule has 18 heteroatoms. The van der Waals surface area contributed by atoms with Crippen molar-refractivity contribution in [2.75, 3.05) is 79.5 Å². The first-order valence-electron chi connectivity index (χ1n) is 33.6. The summed E-state index contributed by atoms with van der Waals surface area (Å²) >= 11 is 0. The second-order valence-corrected chi connectivity index (χ2v) is 26.5. The quantitative estimate of drug-likeness (QED) is 0.0556. The highest BCUT2D eigenvalue weighted by Gasteiger charge is 2.30. The van der Waals surface area contributed by atoms with Crippen LogP contribution < -0.4 is 0 Å². The van der Waals surface area contributed by atoms with Gasteiger partial charge in [-0.3, -0.25) is 48.8 Å². The fraction of sp³-hybridized carbons (Fsp3) is 0.397. The van der Waals surface area contributed by atoms with Gasteiger partial charge in [0.1, 0.15) is 11.6 Å². The van der Waals surface area contributed by atoms with Crippen LogP contribution in [0, 0.1) is 60.3 Å². The molecule has 3 aromatic carbocycles. The third-order valence-electron chi connectivity index (χ3n) is 18.8. The molecule has 0 N–H and O–H groups in total. The third-order valence-corrected chi connectivity index (χ3v) is 18.8. The Morgan fingerprint density at radius 1 is 0.500 bits per heavy atom. The van der Waals surface area contributed by atoms with Crippen LogP contribution in [0.4, 0.5) is 17.1 Å². The van der Waals surface area contributed by atoms with Crippen LogP contribution in [0.1, 0.15) is 142 Å². The van der Waals surface area contributed by atoms with E-state index in [0.29, 0.717) is 89.6 Å². The Morgan fingerprint density at radius 2 is 0.896 bits per heavy atom. The summed E-state index contributed by atoms with van der Waals surface area (Å²) < 4.78 is 6.18. The van der Waals surface area contributed by atoms with E-state index in [9.17, 15) is 24.0 Å². The third kappa shape index (κ3) is 16.0. The molecule has 3 aliphatic rings. The second-order valence-electron chi connectivity index (χ2n) is 26.5. The van der Waals surface area contributed by atoms with Crippen molar-refractivity contribution in [1.82, 2.24) is 48.3 Å². The van der Waals surface area contributed by atoms with E-state index in [1.54, 1.807) is 44.3 Å². The highest BCUT2D eigenvalue weighted by atomic mass is 16.1. The van der Waals surface area contributed by atoms with E-state index in [1.807, 2.05) is 100.0 Å². The molecule has 0 amide bonds. The van der Waals surface area contributed by atoms with E-state index in [-0.39, 0.29) is 28.9 Å². The Balaban J connectivity index is 0.000000157. The zero-order valence-corrected chi connectivity index (χ0v) is 57.1. The number of aromatic nitrogens is 6. The lowest BCUT2D eigenvalue weighted by atomic mass is 9.96. The van der Waals surface area contributed by atoms with Crippen molar-refractivity contribution in [2.24, 2.45) is 5.92 Å². The average Bonchev–Trinajstić information content (AvgIpc) is 1.62. The lowest BCUT2D eigenvalue weighted by molar-refractivity contribution is -0.117. The van der Waals surface area contributed by atoms with E-state index in [0.717, 1.165) is 163 Å².